The van der Waals surface area contributed by atoms with E-state index in [0.717, 1.165) is 19.4 Å². The predicted octanol–water partition coefficient (Wildman–Crippen LogP) is 2.01. The van der Waals surface area contributed by atoms with Crippen molar-refractivity contribution in [1.29, 1.82) is 0 Å². The van der Waals surface area contributed by atoms with Crippen LogP contribution in [0.5, 0.6) is 0 Å². The smallest absolute Gasteiger partial charge is 0.299 e. The van der Waals surface area contributed by atoms with Crippen LogP contribution in [0.15, 0.2) is 24.3 Å². The van der Waals surface area contributed by atoms with Gasteiger partial charge in [0, 0.05) is 13.1 Å². The SMILES string of the molecule is CC(CCCC([NH3+])=O)CCN1CCc2ccccc2C1. The number of hydrogen-bond donors (Lipinski definition) is 1. The summed E-state index contributed by atoms with van der Waals surface area (Å²) in [6.07, 6.45) is 5.19. The van der Waals surface area contributed by atoms with E-state index in [-0.39, 0.29) is 5.91 Å². The van der Waals surface area contributed by atoms with Gasteiger partial charge in [-0.05, 0) is 42.9 Å². The van der Waals surface area contributed by atoms with Crippen LogP contribution in [0.2, 0.25) is 0 Å². The molecule has 1 amide bonds. The lowest BCUT2D eigenvalue weighted by atomic mass is 9.97. The van der Waals surface area contributed by atoms with E-state index in [1.165, 1.54) is 37.1 Å². The molecule has 0 aromatic heterocycles. The van der Waals surface area contributed by atoms with E-state index < -0.39 is 0 Å². The average Bonchev–Trinajstić information content (AvgIpc) is 2.44. The fourth-order valence-corrected chi connectivity index (χ4v) is 2.94. The summed E-state index contributed by atoms with van der Waals surface area (Å²) in [4.78, 5) is 13.4. The van der Waals surface area contributed by atoms with Gasteiger partial charge in [0.25, 0.3) is 0 Å². The summed E-state index contributed by atoms with van der Waals surface area (Å²) in [5.74, 6) is 0.774. The Balaban J connectivity index is 1.69. The Morgan fingerprint density at radius 1 is 1.30 bits per heavy atom. The Kier molecular flexibility index (Phi) is 5.74. The molecule has 20 heavy (non-hydrogen) atoms. The first-order chi connectivity index (χ1) is 9.65. The van der Waals surface area contributed by atoms with Crippen LogP contribution in [0.25, 0.3) is 0 Å². The second-order valence-electron chi connectivity index (χ2n) is 6.12. The van der Waals surface area contributed by atoms with Crippen molar-refractivity contribution in [2.24, 2.45) is 5.92 Å². The van der Waals surface area contributed by atoms with E-state index in [1.54, 1.807) is 0 Å². The van der Waals surface area contributed by atoms with Crippen LogP contribution in [0.4, 0.5) is 0 Å². The molecule has 1 unspecified atom stereocenters. The summed E-state index contributed by atoms with van der Waals surface area (Å²) in [7, 11) is 0. The van der Waals surface area contributed by atoms with Gasteiger partial charge >= 0.3 is 5.91 Å². The van der Waals surface area contributed by atoms with Crippen molar-refractivity contribution in [2.75, 3.05) is 13.1 Å². The third kappa shape index (κ3) is 4.73. The lowest BCUT2D eigenvalue weighted by Crippen LogP contribution is -2.56. The molecule has 0 bridgehead atoms. The molecule has 1 atom stereocenters. The highest BCUT2D eigenvalue weighted by Crippen LogP contribution is 2.20. The Bertz CT molecular complexity index is 444. The third-order valence-electron chi connectivity index (χ3n) is 4.30. The fraction of sp³-hybridized carbons (Fsp3) is 0.588. The van der Waals surface area contributed by atoms with Gasteiger partial charge in [-0.3, -0.25) is 10.6 Å². The number of carbonyl (C=O) groups excluding carboxylic acids is 1. The van der Waals surface area contributed by atoms with Crippen molar-refractivity contribution >= 4 is 5.91 Å². The molecule has 1 aromatic carbocycles. The van der Waals surface area contributed by atoms with Crippen molar-refractivity contribution in [3.05, 3.63) is 35.4 Å². The quantitative estimate of drug-likeness (QED) is 0.827. The van der Waals surface area contributed by atoms with Gasteiger partial charge in [0.15, 0.2) is 0 Å². The van der Waals surface area contributed by atoms with Gasteiger partial charge in [-0.1, -0.05) is 37.6 Å². The van der Waals surface area contributed by atoms with Gasteiger partial charge in [-0.2, -0.15) is 0 Å². The minimum atomic E-state index is 0.0739. The molecule has 3 nitrogen and oxygen atoms in total. The van der Waals surface area contributed by atoms with Crippen LogP contribution in [-0.2, 0) is 17.8 Å². The molecule has 1 aliphatic rings. The Morgan fingerprint density at radius 3 is 2.80 bits per heavy atom. The predicted molar refractivity (Wildman–Crippen MR) is 81.0 cm³/mol. The highest BCUT2D eigenvalue weighted by atomic mass is 16.1. The zero-order valence-corrected chi connectivity index (χ0v) is 12.6. The Morgan fingerprint density at radius 2 is 2.05 bits per heavy atom. The number of benzene rings is 1. The summed E-state index contributed by atoms with van der Waals surface area (Å²) in [5.41, 5.74) is 6.44. The van der Waals surface area contributed by atoms with Gasteiger partial charge in [-0.25, -0.2) is 4.79 Å². The summed E-state index contributed by atoms with van der Waals surface area (Å²) in [6.45, 7) is 5.75. The largest absolute Gasteiger partial charge is 0.308 e. The molecule has 0 spiro atoms. The monoisotopic (exact) mass is 275 g/mol. The lowest BCUT2D eigenvalue weighted by molar-refractivity contribution is -0.305. The van der Waals surface area contributed by atoms with Crippen molar-refractivity contribution in [3.63, 3.8) is 0 Å². The molecule has 0 saturated carbocycles. The molecular formula is C17H27N2O+. The van der Waals surface area contributed by atoms with Crippen LogP contribution in [0, 0.1) is 5.92 Å². The number of hydrogen-bond acceptors (Lipinski definition) is 2. The van der Waals surface area contributed by atoms with E-state index in [4.69, 9.17) is 0 Å². The molecule has 3 heteroatoms. The molecule has 2 rings (SSSR count). The molecule has 0 fully saturated rings. The highest BCUT2D eigenvalue weighted by molar-refractivity contribution is 5.64. The maximum atomic E-state index is 10.8. The molecule has 1 aliphatic heterocycles. The van der Waals surface area contributed by atoms with Gasteiger partial charge in [0.05, 0.1) is 6.42 Å². The van der Waals surface area contributed by atoms with Crippen LogP contribution < -0.4 is 5.73 Å². The van der Waals surface area contributed by atoms with Crippen molar-refractivity contribution < 1.29 is 10.5 Å². The Hall–Kier alpha value is -1.19. The number of quaternary nitrogens is 1. The van der Waals surface area contributed by atoms with Gasteiger partial charge in [-0.15, -0.1) is 0 Å². The number of nitrogens with zero attached hydrogens (tertiary/aromatic N) is 1. The first kappa shape index (κ1) is 15.2. The summed E-state index contributed by atoms with van der Waals surface area (Å²) in [5, 5.41) is 0. The number of rotatable bonds is 7. The van der Waals surface area contributed by atoms with Crippen molar-refractivity contribution in [2.45, 2.75) is 45.6 Å². The minimum absolute atomic E-state index is 0.0739. The molecule has 110 valence electrons. The van der Waals surface area contributed by atoms with E-state index >= 15 is 0 Å². The standard InChI is InChI=1S/C17H26N2O/c1-14(5-4-8-17(18)20)9-11-19-12-10-15-6-2-3-7-16(15)13-19/h2-3,6-7,14H,4-5,8-13H2,1H3,(H2,18,20)/p+1. The second-order valence-corrected chi connectivity index (χ2v) is 6.12. The average molecular weight is 275 g/mol. The topological polar surface area (TPSA) is 48.0 Å². The fourth-order valence-electron chi connectivity index (χ4n) is 2.94. The summed E-state index contributed by atoms with van der Waals surface area (Å²) in [6, 6.07) is 8.79. The van der Waals surface area contributed by atoms with Crippen LogP contribution in [-0.4, -0.2) is 23.9 Å². The van der Waals surface area contributed by atoms with Crippen LogP contribution >= 0.6 is 0 Å². The zero-order valence-electron chi connectivity index (χ0n) is 12.6. The molecule has 0 radical (unpaired) electrons. The molecule has 0 saturated heterocycles. The van der Waals surface area contributed by atoms with E-state index in [0.29, 0.717) is 12.3 Å². The summed E-state index contributed by atoms with van der Waals surface area (Å²) < 4.78 is 0. The lowest BCUT2D eigenvalue weighted by Gasteiger charge is -2.29. The van der Waals surface area contributed by atoms with E-state index in [9.17, 15) is 4.79 Å². The normalized spacial score (nSPS) is 16.7. The third-order valence-corrected chi connectivity index (χ3v) is 4.30. The summed E-state index contributed by atoms with van der Waals surface area (Å²) >= 11 is 0. The molecule has 0 aliphatic carbocycles. The van der Waals surface area contributed by atoms with Gasteiger partial charge in [0.1, 0.15) is 0 Å². The van der Waals surface area contributed by atoms with Crippen LogP contribution in [0.3, 0.4) is 0 Å². The Labute approximate surface area is 122 Å². The molecular weight excluding hydrogens is 248 g/mol. The molecule has 3 N–H and O–H groups in total. The highest BCUT2D eigenvalue weighted by Gasteiger charge is 2.16. The maximum absolute atomic E-state index is 10.8. The molecule has 1 heterocycles. The molecule has 1 aromatic rings. The van der Waals surface area contributed by atoms with Crippen molar-refractivity contribution in [1.82, 2.24) is 4.90 Å². The van der Waals surface area contributed by atoms with E-state index in [2.05, 4.69) is 41.8 Å². The number of amides is 1. The number of fused-ring (bicyclic) bond motifs is 1. The number of carbonyl (C=O) groups is 1. The first-order valence-corrected chi connectivity index (χ1v) is 7.79. The van der Waals surface area contributed by atoms with Crippen molar-refractivity contribution in [3.8, 4) is 0 Å². The van der Waals surface area contributed by atoms with Gasteiger partial charge < -0.3 is 0 Å². The maximum Gasteiger partial charge on any atom is 0.308 e. The van der Waals surface area contributed by atoms with E-state index in [1.807, 2.05) is 0 Å². The van der Waals surface area contributed by atoms with Gasteiger partial charge in [0.2, 0.25) is 0 Å². The minimum Gasteiger partial charge on any atom is -0.299 e. The second kappa shape index (κ2) is 7.55. The zero-order chi connectivity index (χ0) is 14.4. The van der Waals surface area contributed by atoms with Crippen LogP contribution in [0.1, 0.15) is 43.7 Å². The first-order valence-electron chi connectivity index (χ1n) is 7.79.